The lowest BCUT2D eigenvalue weighted by Gasteiger charge is -2.24. The molecule has 0 aromatic carbocycles. The molecular formula is C12H19N3O3S. The third-order valence-electron chi connectivity index (χ3n) is 3.26. The Labute approximate surface area is 116 Å². The Hall–Kier alpha value is -1.02. The van der Waals surface area contributed by atoms with Gasteiger partial charge in [0.05, 0.1) is 11.5 Å². The number of thiophene rings is 1. The zero-order chi connectivity index (χ0) is 13.7. The van der Waals surface area contributed by atoms with Gasteiger partial charge in [0.25, 0.3) is 0 Å². The van der Waals surface area contributed by atoms with E-state index in [9.17, 15) is 10.1 Å². The normalized spacial score (nSPS) is 19.2. The van der Waals surface area contributed by atoms with Crippen LogP contribution in [0.4, 0.5) is 5.00 Å². The highest BCUT2D eigenvalue weighted by Gasteiger charge is 2.19. The van der Waals surface area contributed by atoms with Gasteiger partial charge in [-0.1, -0.05) is 11.3 Å². The van der Waals surface area contributed by atoms with E-state index in [2.05, 4.69) is 10.2 Å². The van der Waals surface area contributed by atoms with Gasteiger partial charge in [0, 0.05) is 36.6 Å². The van der Waals surface area contributed by atoms with E-state index >= 15 is 0 Å². The van der Waals surface area contributed by atoms with Gasteiger partial charge >= 0.3 is 5.00 Å². The number of aliphatic hydroxyl groups excluding tert-OH is 1. The molecule has 0 bridgehead atoms. The van der Waals surface area contributed by atoms with Crippen molar-refractivity contribution in [2.45, 2.75) is 25.4 Å². The molecule has 1 atom stereocenters. The van der Waals surface area contributed by atoms with E-state index in [1.165, 1.54) is 17.8 Å². The molecule has 0 spiro atoms. The van der Waals surface area contributed by atoms with Gasteiger partial charge in [-0.15, -0.1) is 0 Å². The SMILES string of the molecule is O=[N+]([O-])c1ccc(CN(CCO)CC2CCCN2)s1. The Morgan fingerprint density at radius 2 is 2.42 bits per heavy atom. The number of hydrogen-bond acceptors (Lipinski definition) is 6. The first-order chi connectivity index (χ1) is 9.19. The number of rotatable bonds is 7. The van der Waals surface area contributed by atoms with Crippen LogP contribution in [0.2, 0.25) is 0 Å². The summed E-state index contributed by atoms with van der Waals surface area (Å²) in [5.41, 5.74) is 0. The second-order valence-electron chi connectivity index (χ2n) is 4.75. The first kappa shape index (κ1) is 14.4. The first-order valence-electron chi connectivity index (χ1n) is 6.48. The van der Waals surface area contributed by atoms with Crippen LogP contribution in [0.1, 0.15) is 17.7 Å². The fourth-order valence-electron chi connectivity index (χ4n) is 2.37. The van der Waals surface area contributed by atoms with Gasteiger partial charge < -0.3 is 10.4 Å². The van der Waals surface area contributed by atoms with Crippen LogP contribution in [0.15, 0.2) is 12.1 Å². The van der Waals surface area contributed by atoms with Crippen LogP contribution in [-0.2, 0) is 6.54 Å². The quantitative estimate of drug-likeness (QED) is 0.581. The third-order valence-corrected chi connectivity index (χ3v) is 4.29. The molecule has 1 aliphatic rings. The summed E-state index contributed by atoms with van der Waals surface area (Å²) >= 11 is 1.21. The number of nitrogens with zero attached hydrogens (tertiary/aromatic N) is 2. The van der Waals surface area contributed by atoms with E-state index in [1.54, 1.807) is 12.1 Å². The fraction of sp³-hybridized carbons (Fsp3) is 0.667. The van der Waals surface area contributed by atoms with Crippen molar-refractivity contribution in [1.82, 2.24) is 10.2 Å². The molecule has 1 saturated heterocycles. The van der Waals surface area contributed by atoms with Crippen molar-refractivity contribution in [3.05, 3.63) is 27.1 Å². The van der Waals surface area contributed by atoms with Crippen molar-refractivity contribution in [3.8, 4) is 0 Å². The number of nitrogens with one attached hydrogen (secondary N) is 1. The van der Waals surface area contributed by atoms with Crippen LogP contribution in [0.25, 0.3) is 0 Å². The zero-order valence-electron chi connectivity index (χ0n) is 10.7. The second kappa shape index (κ2) is 6.95. The third kappa shape index (κ3) is 4.24. The molecule has 1 unspecified atom stereocenters. The molecule has 1 aromatic heterocycles. The van der Waals surface area contributed by atoms with Crippen molar-refractivity contribution < 1.29 is 10.0 Å². The lowest BCUT2D eigenvalue weighted by atomic mass is 10.2. The van der Waals surface area contributed by atoms with Crippen LogP contribution < -0.4 is 5.32 Å². The monoisotopic (exact) mass is 285 g/mol. The average molecular weight is 285 g/mol. The molecule has 0 radical (unpaired) electrons. The predicted molar refractivity (Wildman–Crippen MR) is 74.4 cm³/mol. The molecule has 19 heavy (non-hydrogen) atoms. The summed E-state index contributed by atoms with van der Waals surface area (Å²) in [5, 5.41) is 23.4. The molecule has 7 heteroatoms. The summed E-state index contributed by atoms with van der Waals surface area (Å²) in [7, 11) is 0. The zero-order valence-corrected chi connectivity index (χ0v) is 11.6. The molecule has 2 rings (SSSR count). The van der Waals surface area contributed by atoms with Crippen molar-refractivity contribution in [3.63, 3.8) is 0 Å². The molecule has 106 valence electrons. The minimum absolute atomic E-state index is 0.111. The van der Waals surface area contributed by atoms with Crippen molar-refractivity contribution in [2.75, 3.05) is 26.2 Å². The Morgan fingerprint density at radius 1 is 1.58 bits per heavy atom. The van der Waals surface area contributed by atoms with Crippen molar-refractivity contribution >= 4 is 16.3 Å². The van der Waals surface area contributed by atoms with Crippen LogP contribution in [-0.4, -0.2) is 47.2 Å². The highest BCUT2D eigenvalue weighted by Crippen LogP contribution is 2.25. The minimum atomic E-state index is -0.358. The van der Waals surface area contributed by atoms with E-state index < -0.39 is 0 Å². The molecule has 2 heterocycles. The summed E-state index contributed by atoms with van der Waals surface area (Å²) < 4.78 is 0. The van der Waals surface area contributed by atoms with Gasteiger partial charge in [0.2, 0.25) is 0 Å². The van der Waals surface area contributed by atoms with Gasteiger partial charge in [0.1, 0.15) is 0 Å². The van der Waals surface area contributed by atoms with Crippen LogP contribution >= 0.6 is 11.3 Å². The molecule has 0 amide bonds. The maximum absolute atomic E-state index is 10.7. The Balaban J connectivity index is 1.92. The number of aliphatic hydroxyl groups is 1. The van der Waals surface area contributed by atoms with E-state index in [-0.39, 0.29) is 16.5 Å². The molecule has 2 N–H and O–H groups in total. The standard InChI is InChI=1S/C12H19N3O3S/c16-7-6-14(8-10-2-1-5-13-10)9-11-3-4-12(19-11)15(17)18/h3-4,10,13,16H,1-2,5-9H2. The lowest BCUT2D eigenvalue weighted by Crippen LogP contribution is -2.38. The summed E-state index contributed by atoms with van der Waals surface area (Å²) in [5.74, 6) is 0. The second-order valence-corrected chi connectivity index (χ2v) is 5.90. The van der Waals surface area contributed by atoms with Gasteiger partial charge in [0.15, 0.2) is 0 Å². The smallest absolute Gasteiger partial charge is 0.324 e. The maximum Gasteiger partial charge on any atom is 0.324 e. The lowest BCUT2D eigenvalue weighted by molar-refractivity contribution is -0.380. The summed E-state index contributed by atoms with van der Waals surface area (Å²) in [6.45, 7) is 3.32. The largest absolute Gasteiger partial charge is 0.395 e. The van der Waals surface area contributed by atoms with E-state index in [1.807, 2.05) is 0 Å². The Morgan fingerprint density at radius 3 is 3.00 bits per heavy atom. The Bertz CT molecular complexity index is 418. The van der Waals surface area contributed by atoms with Gasteiger partial charge in [-0.25, -0.2) is 0 Å². The van der Waals surface area contributed by atoms with E-state index in [0.29, 0.717) is 19.1 Å². The number of hydrogen-bond donors (Lipinski definition) is 2. The van der Waals surface area contributed by atoms with Gasteiger partial charge in [-0.2, -0.15) is 0 Å². The fourth-order valence-corrected chi connectivity index (χ4v) is 3.23. The van der Waals surface area contributed by atoms with Crippen molar-refractivity contribution in [2.24, 2.45) is 0 Å². The molecule has 0 aliphatic carbocycles. The molecule has 1 fully saturated rings. The van der Waals surface area contributed by atoms with Crippen molar-refractivity contribution in [1.29, 1.82) is 0 Å². The predicted octanol–water partition coefficient (Wildman–Crippen LogP) is 1.20. The molecule has 1 aliphatic heterocycles. The van der Waals surface area contributed by atoms with E-state index in [0.717, 1.165) is 24.4 Å². The van der Waals surface area contributed by atoms with Gasteiger partial charge in [-0.05, 0) is 25.5 Å². The maximum atomic E-state index is 10.7. The topological polar surface area (TPSA) is 78.6 Å². The average Bonchev–Trinajstić information content (AvgIpc) is 3.00. The van der Waals surface area contributed by atoms with Crippen LogP contribution in [0, 0.1) is 10.1 Å². The highest BCUT2D eigenvalue weighted by atomic mass is 32.1. The summed E-state index contributed by atoms with van der Waals surface area (Å²) in [6.07, 6.45) is 2.36. The van der Waals surface area contributed by atoms with Gasteiger partial charge in [-0.3, -0.25) is 15.0 Å². The van der Waals surface area contributed by atoms with Crippen LogP contribution in [0.3, 0.4) is 0 Å². The molecule has 0 saturated carbocycles. The minimum Gasteiger partial charge on any atom is -0.395 e. The van der Waals surface area contributed by atoms with E-state index in [4.69, 9.17) is 5.11 Å². The Kier molecular flexibility index (Phi) is 5.26. The molecular weight excluding hydrogens is 266 g/mol. The molecule has 6 nitrogen and oxygen atoms in total. The molecule has 1 aromatic rings. The summed E-state index contributed by atoms with van der Waals surface area (Å²) in [6, 6.07) is 3.82. The summed E-state index contributed by atoms with van der Waals surface area (Å²) in [4.78, 5) is 13.4. The highest BCUT2D eigenvalue weighted by molar-refractivity contribution is 7.15. The first-order valence-corrected chi connectivity index (χ1v) is 7.30. The van der Waals surface area contributed by atoms with Crippen LogP contribution in [0.5, 0.6) is 0 Å². The number of nitro groups is 1.